The molecule has 1 saturated heterocycles. The zero-order chi connectivity index (χ0) is 21.2. The normalized spacial score (nSPS) is 17.7. The fourth-order valence-electron chi connectivity index (χ4n) is 3.26. The van der Waals surface area contributed by atoms with Crippen LogP contribution in [0, 0.1) is 11.6 Å². The molecule has 0 aromatic heterocycles. The van der Waals surface area contributed by atoms with Crippen LogP contribution in [0.1, 0.15) is 36.5 Å². The summed E-state index contributed by atoms with van der Waals surface area (Å²) in [7, 11) is -4.02. The summed E-state index contributed by atoms with van der Waals surface area (Å²) >= 11 is 0. The highest BCUT2D eigenvalue weighted by Gasteiger charge is 2.37. The van der Waals surface area contributed by atoms with E-state index in [0.717, 1.165) is 22.5 Å². The standard InChI is InChI=1S/C20H20F2N2O4S/c1-13(25)14-5-8-16(9-6-14)29(27,28)24-11-3-2-4-19(24)20(26)23-18-12-15(21)7-10-17(18)22/h5-10,12,19H,2-4,11H2,1H3,(H,23,26). The first kappa shape index (κ1) is 21.1. The molecule has 2 aromatic rings. The molecule has 1 aliphatic heterocycles. The number of piperidine rings is 1. The minimum atomic E-state index is -4.02. The highest BCUT2D eigenvalue weighted by atomic mass is 32.2. The largest absolute Gasteiger partial charge is 0.322 e. The van der Waals surface area contributed by atoms with E-state index in [4.69, 9.17) is 0 Å². The van der Waals surface area contributed by atoms with E-state index in [1.54, 1.807) is 0 Å². The summed E-state index contributed by atoms with van der Waals surface area (Å²) in [6.45, 7) is 1.50. The average Bonchev–Trinajstić information content (AvgIpc) is 2.70. The van der Waals surface area contributed by atoms with E-state index in [9.17, 15) is 26.8 Å². The number of ketones is 1. The first-order valence-electron chi connectivity index (χ1n) is 9.09. The Morgan fingerprint density at radius 1 is 1.07 bits per heavy atom. The average molecular weight is 422 g/mol. The second kappa shape index (κ2) is 8.38. The van der Waals surface area contributed by atoms with E-state index >= 15 is 0 Å². The van der Waals surface area contributed by atoms with Crippen molar-refractivity contribution in [2.75, 3.05) is 11.9 Å². The predicted octanol–water partition coefficient (Wildman–Crippen LogP) is 3.35. The molecule has 0 bridgehead atoms. The fraction of sp³-hybridized carbons (Fsp3) is 0.300. The molecule has 0 radical (unpaired) electrons. The highest BCUT2D eigenvalue weighted by Crippen LogP contribution is 2.27. The third-order valence-electron chi connectivity index (χ3n) is 4.81. The smallest absolute Gasteiger partial charge is 0.243 e. The lowest BCUT2D eigenvalue weighted by Gasteiger charge is -2.33. The summed E-state index contributed by atoms with van der Waals surface area (Å²) < 4.78 is 54.5. The van der Waals surface area contributed by atoms with Gasteiger partial charge in [-0.05, 0) is 44.0 Å². The van der Waals surface area contributed by atoms with Crippen LogP contribution in [-0.4, -0.2) is 37.0 Å². The van der Waals surface area contributed by atoms with E-state index in [1.807, 2.05) is 0 Å². The van der Waals surface area contributed by atoms with Gasteiger partial charge in [-0.15, -0.1) is 0 Å². The van der Waals surface area contributed by atoms with E-state index in [1.165, 1.54) is 31.2 Å². The molecule has 1 atom stereocenters. The van der Waals surface area contributed by atoms with Crippen LogP contribution in [0.3, 0.4) is 0 Å². The number of nitrogens with zero attached hydrogens (tertiary/aromatic N) is 1. The summed E-state index contributed by atoms with van der Waals surface area (Å²) in [6, 6.07) is 7.07. The van der Waals surface area contributed by atoms with Crippen LogP contribution < -0.4 is 5.32 Å². The molecular weight excluding hydrogens is 402 g/mol. The Balaban J connectivity index is 1.87. The highest BCUT2D eigenvalue weighted by molar-refractivity contribution is 7.89. The number of carbonyl (C=O) groups is 2. The van der Waals surface area contributed by atoms with Gasteiger partial charge in [0.05, 0.1) is 10.6 Å². The Morgan fingerprint density at radius 2 is 1.76 bits per heavy atom. The number of hydrogen-bond acceptors (Lipinski definition) is 4. The monoisotopic (exact) mass is 422 g/mol. The second-order valence-corrected chi connectivity index (χ2v) is 8.71. The maximum atomic E-state index is 13.9. The van der Waals surface area contributed by atoms with Crippen molar-refractivity contribution >= 4 is 27.4 Å². The maximum Gasteiger partial charge on any atom is 0.243 e. The quantitative estimate of drug-likeness (QED) is 0.749. The lowest BCUT2D eigenvalue weighted by Crippen LogP contribution is -2.49. The van der Waals surface area contributed by atoms with Crippen LogP contribution in [0.5, 0.6) is 0 Å². The molecule has 29 heavy (non-hydrogen) atoms. The van der Waals surface area contributed by atoms with Crippen molar-refractivity contribution in [2.45, 2.75) is 37.1 Å². The van der Waals surface area contributed by atoms with E-state index < -0.39 is 33.6 Å². The number of rotatable bonds is 5. The number of nitrogens with one attached hydrogen (secondary N) is 1. The van der Waals surface area contributed by atoms with Gasteiger partial charge in [0.25, 0.3) is 0 Å². The first-order chi connectivity index (χ1) is 13.7. The van der Waals surface area contributed by atoms with Gasteiger partial charge in [-0.1, -0.05) is 18.6 Å². The molecular formula is C20H20F2N2O4S. The van der Waals surface area contributed by atoms with Crippen LogP contribution in [0.25, 0.3) is 0 Å². The van der Waals surface area contributed by atoms with E-state index in [0.29, 0.717) is 18.4 Å². The number of anilines is 1. The molecule has 6 nitrogen and oxygen atoms in total. The molecule has 1 aliphatic rings. The van der Waals surface area contributed by atoms with Gasteiger partial charge >= 0.3 is 0 Å². The molecule has 1 unspecified atom stereocenters. The molecule has 1 heterocycles. The Labute approximate surface area is 167 Å². The first-order valence-corrected chi connectivity index (χ1v) is 10.5. The van der Waals surface area contributed by atoms with Crippen LogP contribution >= 0.6 is 0 Å². The molecule has 3 rings (SSSR count). The number of amides is 1. The van der Waals surface area contributed by atoms with Crippen molar-refractivity contribution in [2.24, 2.45) is 0 Å². The van der Waals surface area contributed by atoms with Crippen molar-refractivity contribution in [3.8, 4) is 0 Å². The lowest BCUT2D eigenvalue weighted by atomic mass is 10.0. The zero-order valence-corrected chi connectivity index (χ0v) is 16.5. The topological polar surface area (TPSA) is 83.6 Å². The van der Waals surface area contributed by atoms with E-state index in [-0.39, 0.29) is 29.3 Å². The molecule has 1 amide bonds. The van der Waals surface area contributed by atoms with Gasteiger partial charge in [-0.25, -0.2) is 17.2 Å². The second-order valence-electron chi connectivity index (χ2n) is 6.82. The molecule has 0 spiro atoms. The number of carbonyl (C=O) groups excluding carboxylic acids is 2. The van der Waals surface area contributed by atoms with Gasteiger partial charge in [0.2, 0.25) is 15.9 Å². The van der Waals surface area contributed by atoms with Crippen LogP contribution in [0.2, 0.25) is 0 Å². The molecule has 0 saturated carbocycles. The van der Waals surface area contributed by atoms with Crippen molar-refractivity contribution < 1.29 is 26.8 Å². The zero-order valence-electron chi connectivity index (χ0n) is 15.7. The molecule has 1 N–H and O–H groups in total. The Bertz CT molecular complexity index is 1040. The van der Waals surface area contributed by atoms with Crippen molar-refractivity contribution in [3.05, 3.63) is 59.7 Å². The minimum absolute atomic E-state index is 0.0425. The van der Waals surface area contributed by atoms with Gasteiger partial charge in [0.1, 0.15) is 17.7 Å². The molecule has 154 valence electrons. The van der Waals surface area contributed by atoms with Crippen LogP contribution in [-0.2, 0) is 14.8 Å². The molecule has 2 aromatic carbocycles. The third kappa shape index (κ3) is 4.51. The van der Waals surface area contributed by atoms with Crippen molar-refractivity contribution in [1.82, 2.24) is 4.31 Å². The van der Waals surface area contributed by atoms with Gasteiger partial charge < -0.3 is 5.32 Å². The maximum absolute atomic E-state index is 13.9. The number of halogens is 2. The Hall–Kier alpha value is -2.65. The Kier molecular flexibility index (Phi) is 6.09. The predicted molar refractivity (Wildman–Crippen MR) is 103 cm³/mol. The van der Waals surface area contributed by atoms with Gasteiger partial charge in [-0.2, -0.15) is 4.31 Å². The number of Topliss-reactive ketones (excluding diaryl/α,β-unsaturated/α-hetero) is 1. The van der Waals surface area contributed by atoms with Gasteiger partial charge in [-0.3, -0.25) is 9.59 Å². The van der Waals surface area contributed by atoms with Crippen molar-refractivity contribution in [1.29, 1.82) is 0 Å². The summed E-state index contributed by atoms with van der Waals surface area (Å²) in [5.41, 5.74) is 0.0298. The SMILES string of the molecule is CC(=O)c1ccc(S(=O)(=O)N2CCCCC2C(=O)Nc2cc(F)ccc2F)cc1. The number of hydrogen-bond donors (Lipinski definition) is 1. The Morgan fingerprint density at radius 3 is 2.41 bits per heavy atom. The van der Waals surface area contributed by atoms with Crippen LogP contribution in [0.4, 0.5) is 14.5 Å². The summed E-state index contributed by atoms with van der Waals surface area (Å²) in [6.07, 6.45) is 1.45. The fourth-order valence-corrected chi connectivity index (χ4v) is 4.92. The van der Waals surface area contributed by atoms with Gasteiger partial charge in [0, 0.05) is 18.2 Å². The number of benzene rings is 2. The summed E-state index contributed by atoms with van der Waals surface area (Å²) in [4.78, 5) is 24.1. The molecule has 9 heteroatoms. The summed E-state index contributed by atoms with van der Waals surface area (Å²) in [5, 5.41) is 2.29. The minimum Gasteiger partial charge on any atom is -0.322 e. The molecule has 1 fully saturated rings. The lowest BCUT2D eigenvalue weighted by molar-refractivity contribution is -0.120. The van der Waals surface area contributed by atoms with Crippen molar-refractivity contribution in [3.63, 3.8) is 0 Å². The number of sulfonamides is 1. The summed E-state index contributed by atoms with van der Waals surface area (Å²) in [5.74, 6) is -2.45. The van der Waals surface area contributed by atoms with Crippen LogP contribution in [0.15, 0.2) is 47.4 Å². The molecule has 0 aliphatic carbocycles. The third-order valence-corrected chi connectivity index (χ3v) is 6.73. The van der Waals surface area contributed by atoms with Gasteiger partial charge in [0.15, 0.2) is 5.78 Å². The van der Waals surface area contributed by atoms with E-state index in [2.05, 4.69) is 5.32 Å².